The first kappa shape index (κ1) is 20.9. The molecule has 0 spiro atoms. The number of nitrogens with zero attached hydrogens (tertiary/aromatic N) is 2. The van der Waals surface area contributed by atoms with Gasteiger partial charge in [0, 0.05) is 24.6 Å². The third-order valence-electron chi connectivity index (χ3n) is 4.95. The predicted octanol–water partition coefficient (Wildman–Crippen LogP) is 5.33. The second-order valence-corrected chi connectivity index (χ2v) is 8.40. The zero-order valence-electron chi connectivity index (χ0n) is 16.3. The Morgan fingerprint density at radius 3 is 2.75 bits per heavy atom. The Bertz CT molecular complexity index is 829. The van der Waals surface area contributed by atoms with Crippen LogP contribution in [-0.4, -0.2) is 35.7 Å². The number of pyridine rings is 1. The summed E-state index contributed by atoms with van der Waals surface area (Å²) in [5, 5.41) is 11.4. The molecule has 0 bridgehead atoms. The first-order valence-corrected chi connectivity index (χ1v) is 10.5. The maximum absolute atomic E-state index is 7.29. The minimum Gasteiger partial charge on any atom is -0.473 e. The van der Waals surface area contributed by atoms with Crippen molar-refractivity contribution in [3.8, 4) is 5.88 Å². The maximum Gasteiger partial charge on any atom is 0.237 e. The molecule has 1 aliphatic heterocycles. The quantitative estimate of drug-likeness (QED) is 0.480. The van der Waals surface area contributed by atoms with Crippen molar-refractivity contribution in [1.29, 1.82) is 5.41 Å². The summed E-state index contributed by atoms with van der Waals surface area (Å²) in [7, 11) is 1.77. The van der Waals surface area contributed by atoms with Crippen molar-refractivity contribution in [3.63, 3.8) is 0 Å². The molecule has 1 aromatic rings. The standard InChI is InChI=1S/C20H25ClN4O2S/c1-12-17(20(24-11-22)28-18(12)21)13(2)25-16-5-4-10-23-19(16)27-15-8-6-14(26-3)7-9-15/h4-5,10-11,14-15,22,25H,6-9H2,1-3H3/b17-13+,22-11?,24-20+/t14-,15-. The first-order chi connectivity index (χ1) is 13.5. The van der Waals surface area contributed by atoms with Crippen LogP contribution in [-0.2, 0) is 4.74 Å². The number of hydrogen-bond donors (Lipinski definition) is 2. The summed E-state index contributed by atoms with van der Waals surface area (Å²) in [6, 6.07) is 3.82. The van der Waals surface area contributed by atoms with E-state index in [0.29, 0.717) is 21.4 Å². The second kappa shape index (κ2) is 9.58. The van der Waals surface area contributed by atoms with E-state index < -0.39 is 0 Å². The molecule has 1 aromatic heterocycles. The van der Waals surface area contributed by atoms with E-state index in [-0.39, 0.29) is 6.10 Å². The van der Waals surface area contributed by atoms with E-state index in [4.69, 9.17) is 26.5 Å². The van der Waals surface area contributed by atoms with Crippen LogP contribution in [0.5, 0.6) is 5.88 Å². The summed E-state index contributed by atoms with van der Waals surface area (Å²) in [6.07, 6.45) is 7.16. The van der Waals surface area contributed by atoms with Crippen molar-refractivity contribution in [2.75, 3.05) is 12.4 Å². The molecule has 3 rings (SSSR count). The van der Waals surface area contributed by atoms with Crippen molar-refractivity contribution in [1.82, 2.24) is 4.98 Å². The van der Waals surface area contributed by atoms with Gasteiger partial charge in [-0.2, -0.15) is 0 Å². The van der Waals surface area contributed by atoms with Gasteiger partial charge in [0.2, 0.25) is 5.88 Å². The number of aromatic nitrogens is 1. The lowest BCUT2D eigenvalue weighted by molar-refractivity contribution is 0.0317. The molecular formula is C20H25ClN4O2S. The second-order valence-electron chi connectivity index (χ2n) is 6.80. The van der Waals surface area contributed by atoms with Crippen LogP contribution in [0.15, 0.2) is 44.5 Å². The minimum atomic E-state index is 0.142. The molecule has 0 radical (unpaired) electrons. The van der Waals surface area contributed by atoms with E-state index in [1.807, 2.05) is 26.0 Å². The van der Waals surface area contributed by atoms with Gasteiger partial charge in [-0.25, -0.2) is 9.98 Å². The van der Waals surface area contributed by atoms with Crippen LogP contribution in [0.25, 0.3) is 0 Å². The van der Waals surface area contributed by atoms with Crippen LogP contribution in [0.4, 0.5) is 5.69 Å². The van der Waals surface area contributed by atoms with Gasteiger partial charge >= 0.3 is 0 Å². The van der Waals surface area contributed by atoms with Gasteiger partial charge in [0.1, 0.15) is 23.2 Å². The SMILES string of the molecule is CO[C@H]1CC[C@H](Oc2ncccc2N/C(C)=C2\C(C)=C(Cl)S\C2=N\C=N)CC1. The van der Waals surface area contributed by atoms with Crippen molar-refractivity contribution in [2.45, 2.75) is 51.7 Å². The zero-order chi connectivity index (χ0) is 20.1. The maximum atomic E-state index is 7.29. The first-order valence-electron chi connectivity index (χ1n) is 9.27. The molecule has 2 heterocycles. The van der Waals surface area contributed by atoms with Crippen molar-refractivity contribution >= 4 is 40.4 Å². The Labute approximate surface area is 175 Å². The number of allylic oxidation sites excluding steroid dienone is 2. The van der Waals surface area contributed by atoms with Crippen LogP contribution < -0.4 is 10.1 Å². The Hall–Kier alpha value is -1.83. The van der Waals surface area contributed by atoms with Gasteiger partial charge in [0.25, 0.3) is 0 Å². The lowest BCUT2D eigenvalue weighted by Crippen LogP contribution is -2.28. The Kier molecular flexibility index (Phi) is 7.15. The fraction of sp³-hybridized carbons (Fsp3) is 0.450. The number of anilines is 1. The lowest BCUT2D eigenvalue weighted by atomic mass is 9.95. The number of nitrogens with one attached hydrogen (secondary N) is 2. The fourth-order valence-electron chi connectivity index (χ4n) is 3.45. The van der Waals surface area contributed by atoms with Crippen molar-refractivity contribution in [3.05, 3.63) is 39.5 Å². The molecule has 28 heavy (non-hydrogen) atoms. The van der Waals surface area contributed by atoms with Gasteiger partial charge in [0.15, 0.2) is 0 Å². The fourth-order valence-corrected chi connectivity index (χ4v) is 4.70. The van der Waals surface area contributed by atoms with E-state index in [1.54, 1.807) is 13.3 Å². The molecule has 0 aromatic carbocycles. The van der Waals surface area contributed by atoms with Gasteiger partial charge in [-0.15, -0.1) is 0 Å². The molecule has 2 N–H and O–H groups in total. The zero-order valence-corrected chi connectivity index (χ0v) is 17.9. The third kappa shape index (κ3) is 4.77. The average Bonchev–Trinajstić information content (AvgIpc) is 2.98. The molecule has 0 unspecified atom stereocenters. The minimum absolute atomic E-state index is 0.142. The third-order valence-corrected chi connectivity index (χ3v) is 6.46. The highest BCUT2D eigenvalue weighted by Crippen LogP contribution is 2.42. The Morgan fingerprint density at radius 1 is 1.36 bits per heavy atom. The van der Waals surface area contributed by atoms with Crippen LogP contribution in [0.3, 0.4) is 0 Å². The molecule has 1 aliphatic carbocycles. The lowest BCUT2D eigenvalue weighted by Gasteiger charge is -2.28. The average molecular weight is 421 g/mol. The molecule has 8 heteroatoms. The summed E-state index contributed by atoms with van der Waals surface area (Å²) in [5.41, 5.74) is 3.55. The van der Waals surface area contributed by atoms with Gasteiger partial charge < -0.3 is 14.8 Å². The Morgan fingerprint density at radius 2 is 2.07 bits per heavy atom. The summed E-state index contributed by atoms with van der Waals surface area (Å²) >= 11 is 7.66. The van der Waals surface area contributed by atoms with Gasteiger partial charge in [-0.05, 0) is 57.2 Å². The molecular weight excluding hydrogens is 396 g/mol. The number of thioether (sulfide) groups is 1. The topological polar surface area (TPSA) is 79.6 Å². The number of hydrogen-bond acceptors (Lipinski definition) is 6. The number of halogens is 1. The monoisotopic (exact) mass is 420 g/mol. The normalized spacial score (nSPS) is 25.8. The molecule has 1 saturated carbocycles. The summed E-state index contributed by atoms with van der Waals surface area (Å²) < 4.78 is 12.3. The molecule has 6 nitrogen and oxygen atoms in total. The van der Waals surface area contributed by atoms with Crippen molar-refractivity contribution in [2.24, 2.45) is 4.99 Å². The number of methoxy groups -OCH3 is 1. The van der Waals surface area contributed by atoms with E-state index in [2.05, 4.69) is 15.3 Å². The van der Waals surface area contributed by atoms with Gasteiger partial charge in [0.05, 0.1) is 10.5 Å². The summed E-state index contributed by atoms with van der Waals surface area (Å²) in [5.74, 6) is 0.590. The van der Waals surface area contributed by atoms with Crippen LogP contribution in [0.2, 0.25) is 0 Å². The molecule has 1 fully saturated rings. The molecule has 150 valence electrons. The van der Waals surface area contributed by atoms with Crippen LogP contribution in [0.1, 0.15) is 39.5 Å². The molecule has 0 atom stereocenters. The number of ether oxygens (including phenoxy) is 2. The summed E-state index contributed by atoms with van der Waals surface area (Å²) in [4.78, 5) is 8.57. The largest absolute Gasteiger partial charge is 0.473 e. The van der Waals surface area contributed by atoms with E-state index in [9.17, 15) is 0 Å². The highest BCUT2D eigenvalue weighted by atomic mass is 35.5. The number of aliphatic imine (C=N–C) groups is 1. The highest BCUT2D eigenvalue weighted by molar-refractivity contribution is 8.19. The molecule has 0 saturated heterocycles. The molecule has 2 aliphatic rings. The van der Waals surface area contributed by atoms with E-state index in [0.717, 1.165) is 54.6 Å². The van der Waals surface area contributed by atoms with E-state index >= 15 is 0 Å². The smallest absolute Gasteiger partial charge is 0.237 e. The van der Waals surface area contributed by atoms with Crippen LogP contribution in [0, 0.1) is 5.41 Å². The molecule has 0 amide bonds. The highest BCUT2D eigenvalue weighted by Gasteiger charge is 2.26. The van der Waals surface area contributed by atoms with Crippen LogP contribution >= 0.6 is 23.4 Å². The van der Waals surface area contributed by atoms with Gasteiger partial charge in [-0.3, -0.25) is 5.41 Å². The van der Waals surface area contributed by atoms with E-state index in [1.165, 1.54) is 11.8 Å². The Balaban J connectivity index is 1.79. The van der Waals surface area contributed by atoms with Crippen molar-refractivity contribution < 1.29 is 9.47 Å². The number of rotatable bonds is 6. The predicted molar refractivity (Wildman–Crippen MR) is 117 cm³/mol. The van der Waals surface area contributed by atoms with Gasteiger partial charge in [-0.1, -0.05) is 23.4 Å². The summed E-state index contributed by atoms with van der Waals surface area (Å²) in [6.45, 7) is 3.92.